The van der Waals surface area contributed by atoms with Crippen molar-refractivity contribution in [1.82, 2.24) is 0 Å². The van der Waals surface area contributed by atoms with Crippen molar-refractivity contribution in [2.75, 3.05) is 13.2 Å². The van der Waals surface area contributed by atoms with Gasteiger partial charge in [-0.05, 0) is 92.9 Å². The minimum absolute atomic E-state index is 0.0901. The van der Waals surface area contributed by atoms with Crippen LogP contribution in [0.1, 0.15) is 77.2 Å². The minimum Gasteiger partial charge on any atom is -0.472 e. The molecule has 0 aromatic carbocycles. The van der Waals surface area contributed by atoms with Crippen LogP contribution >= 0.6 is 0 Å². The Labute approximate surface area is 186 Å². The fraction of sp³-hybridized carbons (Fsp3) is 0.846. The smallest absolute Gasteiger partial charge is 0.0983 e. The highest BCUT2D eigenvalue weighted by Crippen LogP contribution is 2.70. The molecule has 0 spiro atoms. The number of hydrogen-bond acceptors (Lipinski definition) is 5. The van der Waals surface area contributed by atoms with Crippen LogP contribution in [0.2, 0.25) is 0 Å². The molecule has 3 N–H and O–H groups in total. The van der Waals surface area contributed by atoms with Crippen LogP contribution in [0.3, 0.4) is 0 Å². The Bertz CT molecular complexity index is 764. The monoisotopic (exact) mass is 432 g/mol. The second-order valence-corrected chi connectivity index (χ2v) is 11.5. The third-order valence-electron chi connectivity index (χ3n) is 10.4. The quantitative estimate of drug-likeness (QED) is 0.606. The first-order valence-corrected chi connectivity index (χ1v) is 12.5. The molecule has 1 aromatic rings. The van der Waals surface area contributed by atoms with Crippen LogP contribution in [-0.2, 0) is 10.3 Å². The Balaban J connectivity index is 1.36. The first-order chi connectivity index (χ1) is 14.8. The molecule has 1 aromatic heterocycles. The number of furan rings is 1. The summed E-state index contributed by atoms with van der Waals surface area (Å²) in [6, 6.07) is 1.95. The van der Waals surface area contributed by atoms with E-state index in [1.807, 2.05) is 6.07 Å². The fourth-order valence-electron chi connectivity index (χ4n) is 8.73. The molecule has 0 amide bonds. The van der Waals surface area contributed by atoms with Crippen LogP contribution in [-0.4, -0.2) is 40.7 Å². The van der Waals surface area contributed by atoms with Gasteiger partial charge in [-0.1, -0.05) is 13.8 Å². The molecular formula is C26H40O5. The Kier molecular flexibility index (Phi) is 5.56. The maximum atomic E-state index is 11.8. The normalized spacial score (nSPS) is 49.3. The van der Waals surface area contributed by atoms with Crippen LogP contribution in [0.4, 0.5) is 0 Å². The molecule has 4 saturated carbocycles. The van der Waals surface area contributed by atoms with Crippen LogP contribution in [0.25, 0.3) is 0 Å². The van der Waals surface area contributed by atoms with Gasteiger partial charge >= 0.3 is 0 Å². The summed E-state index contributed by atoms with van der Waals surface area (Å²) in [6.45, 7) is 5.42. The standard InChI is InChI=1S/C26H40O5/c1-24-15-22(28)23(31-12-3-11-27)14-17(24)4-5-19-20(24)6-9-25(2)21(19)7-10-26(25,29)18-8-13-30-16-18/h8,13,16-17,19-23,27-29H,3-7,9-12,14-15H2,1-2H3/t17?,19-,20-,21+,22?,23?,24+,25+,26?/m1/s1. The molecule has 0 aliphatic heterocycles. The minimum atomic E-state index is -0.787. The number of ether oxygens (including phenoxy) is 1. The molecule has 0 saturated heterocycles. The van der Waals surface area contributed by atoms with Gasteiger partial charge < -0.3 is 24.5 Å². The average molecular weight is 433 g/mol. The van der Waals surface area contributed by atoms with Gasteiger partial charge in [0.15, 0.2) is 0 Å². The van der Waals surface area contributed by atoms with Gasteiger partial charge in [0.05, 0.1) is 30.3 Å². The van der Waals surface area contributed by atoms with Gasteiger partial charge in [0.2, 0.25) is 0 Å². The summed E-state index contributed by atoms with van der Waals surface area (Å²) in [6.07, 6.45) is 11.8. The highest BCUT2D eigenvalue weighted by Gasteiger charge is 2.65. The molecule has 4 aliphatic rings. The van der Waals surface area contributed by atoms with E-state index < -0.39 is 11.7 Å². The number of aliphatic hydroxyl groups excluding tert-OH is 2. The molecule has 4 fully saturated rings. The first-order valence-electron chi connectivity index (χ1n) is 12.5. The van der Waals surface area contributed by atoms with Crippen LogP contribution in [0.5, 0.6) is 0 Å². The SMILES string of the molecule is C[C@]12CC(O)C(OCCCO)CC1CC[C@@H]1[C@H]2CC[C@@]2(C)[C@H]1CCC2(O)c1ccoc1. The maximum absolute atomic E-state index is 11.8. The van der Waals surface area contributed by atoms with E-state index in [1.54, 1.807) is 12.5 Å². The summed E-state index contributed by atoms with van der Waals surface area (Å²) in [7, 11) is 0. The molecule has 1 heterocycles. The van der Waals surface area contributed by atoms with Crippen LogP contribution in [0.15, 0.2) is 23.0 Å². The second-order valence-electron chi connectivity index (χ2n) is 11.5. The molecule has 5 nitrogen and oxygen atoms in total. The summed E-state index contributed by atoms with van der Waals surface area (Å²) in [4.78, 5) is 0. The van der Waals surface area contributed by atoms with Crippen LogP contribution in [0, 0.1) is 34.5 Å². The molecular weight excluding hydrogens is 392 g/mol. The van der Waals surface area contributed by atoms with Crippen molar-refractivity contribution in [2.24, 2.45) is 34.5 Å². The van der Waals surface area contributed by atoms with E-state index in [4.69, 9.17) is 14.3 Å². The topological polar surface area (TPSA) is 83.1 Å². The Morgan fingerprint density at radius 2 is 1.94 bits per heavy atom. The summed E-state index contributed by atoms with van der Waals surface area (Å²) in [5, 5.41) is 31.9. The fourth-order valence-corrected chi connectivity index (χ4v) is 8.73. The van der Waals surface area contributed by atoms with E-state index >= 15 is 0 Å². The van der Waals surface area contributed by atoms with Crippen molar-refractivity contribution in [1.29, 1.82) is 0 Å². The lowest BCUT2D eigenvalue weighted by atomic mass is 9.44. The lowest BCUT2D eigenvalue weighted by molar-refractivity contribution is -0.186. The summed E-state index contributed by atoms with van der Waals surface area (Å²) < 4.78 is 11.3. The molecule has 5 heteroatoms. The second kappa shape index (κ2) is 7.86. The summed E-state index contributed by atoms with van der Waals surface area (Å²) >= 11 is 0. The van der Waals surface area contributed by atoms with E-state index in [1.165, 1.54) is 12.8 Å². The lowest BCUT2D eigenvalue weighted by Gasteiger charge is -2.62. The first kappa shape index (κ1) is 21.9. The molecule has 0 radical (unpaired) electrons. The number of rotatable bonds is 5. The van der Waals surface area contributed by atoms with E-state index in [0.29, 0.717) is 36.7 Å². The molecule has 9 atom stereocenters. The van der Waals surface area contributed by atoms with Crippen molar-refractivity contribution in [2.45, 2.75) is 89.4 Å². The van der Waals surface area contributed by atoms with Crippen molar-refractivity contribution in [3.63, 3.8) is 0 Å². The van der Waals surface area contributed by atoms with E-state index in [9.17, 15) is 10.2 Å². The van der Waals surface area contributed by atoms with Gasteiger partial charge in [-0.25, -0.2) is 0 Å². The van der Waals surface area contributed by atoms with Gasteiger partial charge in [0.1, 0.15) is 0 Å². The highest BCUT2D eigenvalue weighted by molar-refractivity contribution is 5.26. The highest BCUT2D eigenvalue weighted by atomic mass is 16.5. The number of hydrogen-bond donors (Lipinski definition) is 3. The van der Waals surface area contributed by atoms with Gasteiger partial charge in [0, 0.05) is 24.2 Å². The van der Waals surface area contributed by atoms with E-state index in [2.05, 4.69) is 13.8 Å². The van der Waals surface area contributed by atoms with Gasteiger partial charge in [-0.2, -0.15) is 0 Å². The predicted octanol–water partition coefficient (Wildman–Crippen LogP) is 4.25. The Morgan fingerprint density at radius 3 is 2.68 bits per heavy atom. The third-order valence-corrected chi connectivity index (χ3v) is 10.4. The summed E-state index contributed by atoms with van der Waals surface area (Å²) in [5.41, 5.74) is 0.207. The molecule has 4 aliphatic carbocycles. The van der Waals surface area contributed by atoms with E-state index in [-0.39, 0.29) is 23.5 Å². The average Bonchev–Trinajstić information content (AvgIpc) is 3.36. The van der Waals surface area contributed by atoms with Gasteiger partial charge in [0.25, 0.3) is 0 Å². The number of fused-ring (bicyclic) bond motifs is 5. The predicted molar refractivity (Wildman–Crippen MR) is 117 cm³/mol. The summed E-state index contributed by atoms with van der Waals surface area (Å²) in [5.74, 6) is 2.36. The van der Waals surface area contributed by atoms with Gasteiger partial charge in [-0.15, -0.1) is 0 Å². The third kappa shape index (κ3) is 3.18. The lowest BCUT2D eigenvalue weighted by Crippen LogP contribution is -2.58. The Morgan fingerprint density at radius 1 is 1.13 bits per heavy atom. The Hall–Kier alpha value is -0.880. The number of aliphatic hydroxyl groups is 3. The zero-order valence-corrected chi connectivity index (χ0v) is 19.1. The van der Waals surface area contributed by atoms with Crippen molar-refractivity contribution >= 4 is 0 Å². The van der Waals surface area contributed by atoms with Crippen molar-refractivity contribution < 1.29 is 24.5 Å². The zero-order valence-electron chi connectivity index (χ0n) is 19.1. The largest absolute Gasteiger partial charge is 0.472 e. The molecule has 4 unspecified atom stereocenters. The molecule has 31 heavy (non-hydrogen) atoms. The maximum Gasteiger partial charge on any atom is 0.0983 e. The van der Waals surface area contributed by atoms with Gasteiger partial charge in [-0.3, -0.25) is 0 Å². The molecule has 0 bridgehead atoms. The van der Waals surface area contributed by atoms with Crippen molar-refractivity contribution in [3.05, 3.63) is 24.2 Å². The van der Waals surface area contributed by atoms with Crippen molar-refractivity contribution in [3.8, 4) is 0 Å². The zero-order chi connectivity index (χ0) is 21.9. The van der Waals surface area contributed by atoms with Crippen LogP contribution < -0.4 is 0 Å². The molecule has 174 valence electrons. The van der Waals surface area contributed by atoms with E-state index in [0.717, 1.165) is 44.1 Å². The molecule has 5 rings (SSSR count).